The summed E-state index contributed by atoms with van der Waals surface area (Å²) < 4.78 is 11.0. The molecule has 0 N–H and O–H groups in total. The molecule has 1 aliphatic carbocycles. The van der Waals surface area contributed by atoms with Crippen molar-refractivity contribution >= 4 is 29.0 Å². The molecule has 0 radical (unpaired) electrons. The van der Waals surface area contributed by atoms with Gasteiger partial charge in [-0.2, -0.15) is 0 Å². The average Bonchev–Trinajstić information content (AvgIpc) is 3.07. The zero-order valence-corrected chi connectivity index (χ0v) is 21.1. The Bertz CT molecular complexity index is 1020. The number of benzene rings is 1. The molecule has 0 spiro atoms. The third-order valence-corrected chi connectivity index (χ3v) is 5.68. The van der Waals surface area contributed by atoms with Crippen LogP contribution in [0.25, 0.3) is 0 Å². The van der Waals surface area contributed by atoms with Crippen molar-refractivity contribution in [3.63, 3.8) is 0 Å². The molecular weight excluding hydrogens is 464 g/mol. The lowest BCUT2D eigenvalue weighted by Crippen LogP contribution is -2.13. The Kier molecular flexibility index (Phi) is 13.0. The van der Waals surface area contributed by atoms with E-state index in [4.69, 9.17) is 21.1 Å². The summed E-state index contributed by atoms with van der Waals surface area (Å²) in [6.45, 7) is 7.20. The van der Waals surface area contributed by atoms with Crippen molar-refractivity contribution < 1.29 is 23.9 Å². The monoisotopic (exact) mass is 496 g/mol. The van der Waals surface area contributed by atoms with Crippen LogP contribution >= 0.6 is 11.6 Å². The summed E-state index contributed by atoms with van der Waals surface area (Å²) in [5.74, 6) is 5.84. The van der Waals surface area contributed by atoms with Gasteiger partial charge >= 0.3 is 0 Å². The highest BCUT2D eigenvalue weighted by atomic mass is 35.5. The van der Waals surface area contributed by atoms with Crippen molar-refractivity contribution in [2.24, 2.45) is 5.92 Å². The molecule has 0 saturated heterocycles. The van der Waals surface area contributed by atoms with Gasteiger partial charge < -0.3 is 9.47 Å². The smallest absolute Gasteiger partial charge is 0.180 e. The Morgan fingerprint density at radius 2 is 1.77 bits per heavy atom. The molecule has 1 aromatic carbocycles. The molecule has 1 aliphatic rings. The van der Waals surface area contributed by atoms with Gasteiger partial charge in [-0.25, -0.2) is 0 Å². The maximum Gasteiger partial charge on any atom is 0.180 e. The van der Waals surface area contributed by atoms with Crippen LogP contribution in [0.4, 0.5) is 0 Å². The van der Waals surface area contributed by atoms with Crippen molar-refractivity contribution in [2.45, 2.75) is 45.4 Å². The second-order valence-electron chi connectivity index (χ2n) is 8.50. The topological polar surface area (TPSA) is 69.7 Å². The maximum atomic E-state index is 12.9. The zero-order valence-electron chi connectivity index (χ0n) is 20.3. The Hall–Kier alpha value is -2.78. The number of Topliss-reactive ketones (excluding diaryl/α,β-unsaturated/α-hetero) is 2. The quantitative estimate of drug-likeness (QED) is 0.116. The number of ether oxygens (including phenoxy) is 2. The number of hydrogen-bond donors (Lipinski definition) is 0. The van der Waals surface area contributed by atoms with E-state index in [9.17, 15) is 14.4 Å². The Labute approximate surface area is 213 Å². The van der Waals surface area contributed by atoms with E-state index in [2.05, 4.69) is 18.4 Å². The lowest BCUT2D eigenvalue weighted by molar-refractivity contribution is -0.118. The van der Waals surface area contributed by atoms with Crippen LogP contribution in [0.1, 0.15) is 66.2 Å². The van der Waals surface area contributed by atoms with E-state index in [0.717, 1.165) is 12.8 Å². The minimum absolute atomic E-state index is 0.0455. The van der Waals surface area contributed by atoms with Crippen LogP contribution in [0.15, 0.2) is 59.7 Å². The molecule has 0 amide bonds. The fraction of sp³-hybridized carbons (Fsp3) is 0.414. The van der Waals surface area contributed by atoms with E-state index in [-0.39, 0.29) is 36.3 Å². The Morgan fingerprint density at radius 1 is 1.09 bits per heavy atom. The number of rotatable bonds is 17. The van der Waals surface area contributed by atoms with E-state index in [1.165, 1.54) is 6.08 Å². The lowest BCUT2D eigenvalue weighted by Gasteiger charge is -2.13. The van der Waals surface area contributed by atoms with Gasteiger partial charge in [-0.05, 0) is 43.4 Å². The number of ketones is 3. The van der Waals surface area contributed by atoms with Gasteiger partial charge in [-0.15, -0.1) is 0 Å². The molecule has 0 aromatic heterocycles. The standard InChI is InChI=1S/C29H33ClO5/c1-3-25(31)21-35-18-7-6-17-34-20-22(2)13-16-28(32)26-11-4-5-12-27(26)29(33)19-23-9-8-10-24(30)15-14-23/h3-5,11-12,14-15,22H,1,6-7,10,13,16-21H2,2H3. The summed E-state index contributed by atoms with van der Waals surface area (Å²) in [5, 5.41) is 0.639. The van der Waals surface area contributed by atoms with E-state index < -0.39 is 0 Å². The van der Waals surface area contributed by atoms with Crippen LogP contribution in [0.2, 0.25) is 0 Å². The zero-order chi connectivity index (χ0) is 25.5. The van der Waals surface area contributed by atoms with Crippen LogP contribution in [-0.4, -0.2) is 43.8 Å². The molecule has 5 nitrogen and oxygen atoms in total. The molecule has 2 rings (SSSR count). The van der Waals surface area contributed by atoms with E-state index in [1.54, 1.807) is 36.4 Å². The van der Waals surface area contributed by atoms with Crippen molar-refractivity contribution in [1.82, 2.24) is 0 Å². The molecule has 1 unspecified atom stereocenters. The first-order chi connectivity index (χ1) is 16.9. The third kappa shape index (κ3) is 11.0. The van der Waals surface area contributed by atoms with E-state index in [0.29, 0.717) is 60.8 Å². The first kappa shape index (κ1) is 28.5. The largest absolute Gasteiger partial charge is 0.381 e. The van der Waals surface area contributed by atoms with Gasteiger partial charge in [0.1, 0.15) is 6.61 Å². The molecule has 0 heterocycles. The molecule has 6 heteroatoms. The highest BCUT2D eigenvalue weighted by molar-refractivity contribution is 6.29. The molecule has 1 aromatic rings. The summed E-state index contributed by atoms with van der Waals surface area (Å²) in [5.41, 5.74) is 1.58. The predicted octanol–water partition coefficient (Wildman–Crippen LogP) is 5.88. The average molecular weight is 497 g/mol. The van der Waals surface area contributed by atoms with Crippen LogP contribution in [0, 0.1) is 17.8 Å². The van der Waals surface area contributed by atoms with Crippen LogP contribution in [-0.2, 0) is 14.3 Å². The molecule has 35 heavy (non-hydrogen) atoms. The summed E-state index contributed by atoms with van der Waals surface area (Å²) in [6.07, 6.45) is 8.05. The number of hydrogen-bond acceptors (Lipinski definition) is 5. The van der Waals surface area contributed by atoms with Gasteiger partial charge in [0, 0.05) is 60.8 Å². The molecule has 0 aliphatic heterocycles. The van der Waals surface area contributed by atoms with E-state index in [1.807, 2.05) is 6.92 Å². The first-order valence-corrected chi connectivity index (χ1v) is 12.3. The summed E-state index contributed by atoms with van der Waals surface area (Å²) in [4.78, 5) is 36.9. The normalized spacial score (nSPS) is 13.5. The maximum absolute atomic E-state index is 12.9. The summed E-state index contributed by atoms with van der Waals surface area (Å²) in [6, 6.07) is 6.96. The third-order valence-electron chi connectivity index (χ3n) is 5.42. The summed E-state index contributed by atoms with van der Waals surface area (Å²) >= 11 is 6.00. The second-order valence-corrected chi connectivity index (χ2v) is 8.99. The van der Waals surface area contributed by atoms with Gasteiger partial charge in [0.25, 0.3) is 0 Å². The second kappa shape index (κ2) is 16.0. The number of allylic oxidation sites excluding steroid dienone is 4. The molecule has 0 fully saturated rings. The van der Waals surface area contributed by atoms with Crippen molar-refractivity contribution in [1.29, 1.82) is 0 Å². The highest BCUT2D eigenvalue weighted by Crippen LogP contribution is 2.20. The SMILES string of the molecule is C=CC(=O)COCCCCOCC(C)CCC(=O)c1ccccc1C(=O)CC1=CC=C(Cl)CC#C1. The Morgan fingerprint density at radius 3 is 2.49 bits per heavy atom. The number of unbranched alkanes of at least 4 members (excludes halogenated alkanes) is 1. The van der Waals surface area contributed by atoms with Gasteiger partial charge in [-0.1, -0.05) is 61.2 Å². The fourth-order valence-electron chi connectivity index (χ4n) is 3.39. The number of carbonyl (C=O) groups excluding carboxylic acids is 3. The summed E-state index contributed by atoms with van der Waals surface area (Å²) in [7, 11) is 0. The minimum Gasteiger partial charge on any atom is -0.381 e. The minimum atomic E-state index is -0.129. The number of carbonyl (C=O) groups is 3. The van der Waals surface area contributed by atoms with Gasteiger partial charge in [-0.3, -0.25) is 14.4 Å². The number of halogens is 1. The Balaban J connectivity index is 1.74. The predicted molar refractivity (Wildman–Crippen MR) is 139 cm³/mol. The van der Waals surface area contributed by atoms with Crippen LogP contribution < -0.4 is 0 Å². The van der Waals surface area contributed by atoms with Gasteiger partial charge in [0.15, 0.2) is 17.3 Å². The van der Waals surface area contributed by atoms with Crippen LogP contribution in [0.5, 0.6) is 0 Å². The van der Waals surface area contributed by atoms with Crippen molar-refractivity contribution in [3.05, 3.63) is 70.8 Å². The molecule has 1 atom stereocenters. The van der Waals surface area contributed by atoms with Crippen molar-refractivity contribution in [3.8, 4) is 11.8 Å². The highest BCUT2D eigenvalue weighted by Gasteiger charge is 2.18. The first-order valence-electron chi connectivity index (χ1n) is 11.9. The van der Waals surface area contributed by atoms with Gasteiger partial charge in [0.05, 0.1) is 0 Å². The molecule has 186 valence electrons. The fourth-order valence-corrected chi connectivity index (χ4v) is 3.52. The van der Waals surface area contributed by atoms with Gasteiger partial charge in [0.2, 0.25) is 0 Å². The molecule has 0 saturated carbocycles. The molecular formula is C29H33ClO5. The van der Waals surface area contributed by atoms with E-state index >= 15 is 0 Å². The van der Waals surface area contributed by atoms with Crippen LogP contribution in [0.3, 0.4) is 0 Å². The lowest BCUT2D eigenvalue weighted by atomic mass is 9.93. The molecule has 0 bridgehead atoms. The van der Waals surface area contributed by atoms with Crippen molar-refractivity contribution in [2.75, 3.05) is 26.4 Å².